The number of rotatable bonds is 8. The van der Waals surface area contributed by atoms with Crippen LogP contribution in [0, 0.1) is 17.2 Å². The van der Waals surface area contributed by atoms with E-state index in [4.69, 9.17) is 0 Å². The molecule has 0 spiro atoms. The van der Waals surface area contributed by atoms with Gasteiger partial charge in [0.2, 0.25) is 0 Å². The third-order valence-electron chi connectivity index (χ3n) is 6.81. The molecule has 2 unspecified atom stereocenters. The van der Waals surface area contributed by atoms with Crippen LogP contribution in [0.2, 0.25) is 0 Å². The molecule has 1 fully saturated rings. The Morgan fingerprint density at radius 3 is 2.77 bits per heavy atom. The van der Waals surface area contributed by atoms with Gasteiger partial charge in [-0.3, -0.25) is 4.90 Å². The molecule has 0 radical (unpaired) electrons. The number of aryl methyl sites for hydroxylation is 1. The fourth-order valence-electron chi connectivity index (χ4n) is 5.12. The van der Waals surface area contributed by atoms with Gasteiger partial charge in [0, 0.05) is 12.6 Å². The van der Waals surface area contributed by atoms with Gasteiger partial charge in [0.25, 0.3) is 0 Å². The van der Waals surface area contributed by atoms with Crippen molar-refractivity contribution in [2.24, 2.45) is 11.3 Å². The van der Waals surface area contributed by atoms with Crippen LogP contribution < -0.4 is 5.32 Å². The lowest BCUT2D eigenvalue weighted by Crippen LogP contribution is -2.45. The van der Waals surface area contributed by atoms with Crippen molar-refractivity contribution in [1.82, 2.24) is 10.2 Å². The lowest BCUT2D eigenvalue weighted by atomic mass is 9.69. The molecule has 2 nitrogen and oxygen atoms in total. The summed E-state index contributed by atoms with van der Waals surface area (Å²) < 4.78 is 13.7. The monoisotopic (exact) mass is 358 g/mol. The van der Waals surface area contributed by atoms with E-state index < -0.39 is 0 Å². The molecule has 1 aliphatic heterocycles. The van der Waals surface area contributed by atoms with Crippen LogP contribution in [-0.2, 0) is 6.42 Å². The number of likely N-dealkylation sites (tertiary alicyclic amines) is 1. The Morgan fingerprint density at radius 2 is 2.08 bits per heavy atom. The highest BCUT2D eigenvalue weighted by atomic mass is 19.1. The third kappa shape index (κ3) is 4.20. The van der Waals surface area contributed by atoms with Crippen molar-refractivity contribution < 1.29 is 4.39 Å². The summed E-state index contributed by atoms with van der Waals surface area (Å²) in [5.74, 6) is 0.666. The maximum atomic E-state index is 13.7. The second kappa shape index (κ2) is 8.67. The lowest BCUT2D eigenvalue weighted by molar-refractivity contribution is 0.0595. The molecule has 1 aliphatic carbocycles. The van der Waals surface area contributed by atoms with Gasteiger partial charge >= 0.3 is 0 Å². The summed E-state index contributed by atoms with van der Waals surface area (Å²) in [7, 11) is 0. The Morgan fingerprint density at radius 1 is 1.31 bits per heavy atom. The van der Waals surface area contributed by atoms with Crippen molar-refractivity contribution in [1.29, 1.82) is 0 Å². The van der Waals surface area contributed by atoms with Crippen LogP contribution in [-0.4, -0.2) is 31.1 Å². The Bertz CT molecular complexity index is 606. The Hall–Kier alpha value is -1.19. The smallest absolute Gasteiger partial charge is 0.123 e. The van der Waals surface area contributed by atoms with Gasteiger partial charge in [0.1, 0.15) is 5.82 Å². The molecule has 2 aliphatic rings. The molecule has 26 heavy (non-hydrogen) atoms. The molecule has 0 saturated carbocycles. The fourth-order valence-corrected chi connectivity index (χ4v) is 5.12. The molecule has 1 heterocycles. The van der Waals surface area contributed by atoms with Gasteiger partial charge in [-0.1, -0.05) is 26.0 Å². The first-order valence-electron chi connectivity index (χ1n) is 10.4. The molecule has 1 aromatic rings. The molecular weight excluding hydrogens is 323 g/mol. The fraction of sp³-hybridized carbons (Fsp3) is 0.652. The minimum atomic E-state index is -0.0897. The Labute approximate surface area is 158 Å². The first-order valence-corrected chi connectivity index (χ1v) is 10.4. The molecule has 144 valence electrons. The van der Waals surface area contributed by atoms with Gasteiger partial charge in [-0.15, -0.1) is 6.58 Å². The highest BCUT2D eigenvalue weighted by Crippen LogP contribution is 2.43. The molecule has 3 heteroatoms. The summed E-state index contributed by atoms with van der Waals surface area (Å²) in [6.07, 6.45) is 9.11. The molecular formula is C23H35FN2. The minimum absolute atomic E-state index is 0.0897. The van der Waals surface area contributed by atoms with Crippen LogP contribution in [0.25, 0.3) is 0 Å². The first kappa shape index (κ1) is 19.6. The summed E-state index contributed by atoms with van der Waals surface area (Å²) in [6, 6.07) is 5.80. The summed E-state index contributed by atoms with van der Waals surface area (Å²) >= 11 is 0. The van der Waals surface area contributed by atoms with E-state index in [2.05, 4.69) is 36.7 Å². The number of allylic oxidation sites excluding steroid dienone is 1. The number of halogens is 1. The van der Waals surface area contributed by atoms with E-state index in [0.717, 1.165) is 51.4 Å². The van der Waals surface area contributed by atoms with E-state index in [9.17, 15) is 4.39 Å². The van der Waals surface area contributed by atoms with Gasteiger partial charge in [0.05, 0.1) is 0 Å². The van der Waals surface area contributed by atoms with Crippen molar-refractivity contribution in [3.05, 3.63) is 47.8 Å². The number of nitrogens with zero attached hydrogens (tertiary/aromatic N) is 1. The van der Waals surface area contributed by atoms with Crippen LogP contribution in [0.3, 0.4) is 0 Å². The summed E-state index contributed by atoms with van der Waals surface area (Å²) in [5, 5.41) is 3.59. The quantitative estimate of drug-likeness (QED) is 0.650. The van der Waals surface area contributed by atoms with Crippen molar-refractivity contribution in [2.45, 2.75) is 58.4 Å². The molecule has 0 aromatic heterocycles. The average molecular weight is 359 g/mol. The van der Waals surface area contributed by atoms with E-state index in [-0.39, 0.29) is 5.82 Å². The Kier molecular flexibility index (Phi) is 6.52. The molecule has 1 saturated heterocycles. The molecule has 1 aromatic carbocycles. The van der Waals surface area contributed by atoms with Gasteiger partial charge in [0.15, 0.2) is 0 Å². The number of hydrogen-bond acceptors (Lipinski definition) is 2. The normalized spacial score (nSPS) is 23.6. The van der Waals surface area contributed by atoms with Crippen LogP contribution in [0.15, 0.2) is 30.9 Å². The zero-order chi connectivity index (χ0) is 18.6. The zero-order valence-corrected chi connectivity index (χ0v) is 16.6. The first-order chi connectivity index (χ1) is 12.6. The predicted octanol–water partition coefficient (Wildman–Crippen LogP) is 5.11. The van der Waals surface area contributed by atoms with Gasteiger partial charge in [-0.2, -0.15) is 0 Å². The van der Waals surface area contributed by atoms with Crippen LogP contribution in [0.5, 0.6) is 0 Å². The number of nitrogens with one attached hydrogen (secondary N) is 1. The van der Waals surface area contributed by atoms with E-state index in [1.54, 1.807) is 12.1 Å². The molecule has 0 amide bonds. The van der Waals surface area contributed by atoms with Gasteiger partial charge < -0.3 is 5.32 Å². The van der Waals surface area contributed by atoms with Crippen LogP contribution >= 0.6 is 0 Å². The van der Waals surface area contributed by atoms with E-state index in [0.29, 0.717) is 11.5 Å². The van der Waals surface area contributed by atoms with Crippen molar-refractivity contribution in [3.63, 3.8) is 0 Å². The van der Waals surface area contributed by atoms with Gasteiger partial charge in [-0.05, 0) is 92.8 Å². The standard InChI is InChI=1S/C23H35FN2/c1-4-6-13-23(3,17-25-5-2)19-11-14-26(15-12-19)22-10-8-18-7-9-20(24)16-21(18)22/h4,7,9,16,19,22,25H,1,5-6,8,10-15,17H2,2-3H3. The predicted molar refractivity (Wildman–Crippen MR) is 108 cm³/mol. The SMILES string of the molecule is C=CCCC(C)(CNCC)C1CCN(C2CCc3ccc(F)cc32)CC1. The number of piperidine rings is 1. The van der Waals surface area contributed by atoms with Crippen molar-refractivity contribution >= 4 is 0 Å². The van der Waals surface area contributed by atoms with Gasteiger partial charge in [-0.25, -0.2) is 4.39 Å². The third-order valence-corrected chi connectivity index (χ3v) is 6.81. The molecule has 2 atom stereocenters. The van der Waals surface area contributed by atoms with Crippen molar-refractivity contribution in [3.8, 4) is 0 Å². The molecule has 3 rings (SSSR count). The highest BCUT2D eigenvalue weighted by molar-refractivity contribution is 5.35. The Balaban J connectivity index is 1.63. The lowest BCUT2D eigenvalue weighted by Gasteiger charge is -2.44. The highest BCUT2D eigenvalue weighted by Gasteiger charge is 2.38. The molecule has 0 bridgehead atoms. The second-order valence-electron chi connectivity index (χ2n) is 8.47. The molecule has 1 N–H and O–H groups in total. The topological polar surface area (TPSA) is 15.3 Å². The van der Waals surface area contributed by atoms with E-state index >= 15 is 0 Å². The van der Waals surface area contributed by atoms with Crippen LogP contribution in [0.4, 0.5) is 4.39 Å². The summed E-state index contributed by atoms with van der Waals surface area (Å²) in [4.78, 5) is 2.61. The maximum absolute atomic E-state index is 13.7. The number of benzene rings is 1. The number of fused-ring (bicyclic) bond motifs is 1. The van der Waals surface area contributed by atoms with Crippen LogP contribution in [0.1, 0.15) is 63.1 Å². The van der Waals surface area contributed by atoms with E-state index in [1.165, 1.54) is 30.4 Å². The maximum Gasteiger partial charge on any atom is 0.123 e. The summed E-state index contributed by atoms with van der Waals surface area (Å²) in [5.41, 5.74) is 2.93. The largest absolute Gasteiger partial charge is 0.316 e. The zero-order valence-electron chi connectivity index (χ0n) is 16.6. The number of hydrogen-bond donors (Lipinski definition) is 1. The minimum Gasteiger partial charge on any atom is -0.316 e. The second-order valence-corrected chi connectivity index (χ2v) is 8.47. The van der Waals surface area contributed by atoms with E-state index in [1.807, 2.05) is 6.07 Å². The van der Waals surface area contributed by atoms with Crippen molar-refractivity contribution in [2.75, 3.05) is 26.2 Å². The summed E-state index contributed by atoms with van der Waals surface area (Å²) in [6.45, 7) is 13.0. The average Bonchev–Trinajstić information content (AvgIpc) is 3.08.